The number of nitrogens with zero attached hydrogens (tertiary/aromatic N) is 1. The number of hydrogen-bond donors (Lipinski definition) is 3. The monoisotopic (exact) mass is 450 g/mol. The highest BCUT2D eigenvalue weighted by molar-refractivity contribution is 6.01. The van der Waals surface area contributed by atoms with Crippen LogP contribution in [0, 0.1) is 0 Å². The summed E-state index contributed by atoms with van der Waals surface area (Å²) >= 11 is 0. The molecule has 2 saturated heterocycles. The first-order chi connectivity index (χ1) is 15.3. The number of benzene rings is 1. The van der Waals surface area contributed by atoms with E-state index in [0.29, 0.717) is 43.7 Å². The number of halogens is 2. The fourth-order valence-corrected chi connectivity index (χ4v) is 4.02. The zero-order valence-corrected chi connectivity index (χ0v) is 18.3. The van der Waals surface area contributed by atoms with Crippen LogP contribution in [0.5, 0.6) is 0 Å². The van der Waals surface area contributed by atoms with E-state index in [1.165, 1.54) is 0 Å². The Morgan fingerprint density at radius 3 is 2.56 bits per heavy atom. The van der Waals surface area contributed by atoms with Crippen LogP contribution in [0.4, 0.5) is 20.2 Å². The van der Waals surface area contributed by atoms with Gasteiger partial charge >= 0.3 is 0 Å². The minimum atomic E-state index is -2.50. The Labute approximate surface area is 187 Å². The zero-order valence-electron chi connectivity index (χ0n) is 18.3. The van der Waals surface area contributed by atoms with Crippen LogP contribution in [0.2, 0.25) is 0 Å². The molecular formula is C23H32F2N4O3. The maximum atomic E-state index is 13.2. The first-order valence-corrected chi connectivity index (χ1v) is 11.4. The van der Waals surface area contributed by atoms with E-state index in [1.54, 1.807) is 18.2 Å². The van der Waals surface area contributed by atoms with Crippen LogP contribution < -0.4 is 16.0 Å². The number of carbonyl (C=O) groups excluding carboxylic acids is 3. The lowest BCUT2D eigenvalue weighted by atomic mass is 10.1. The molecule has 1 aromatic carbocycles. The molecule has 2 aliphatic rings. The predicted octanol–water partition coefficient (Wildman–Crippen LogP) is 3.52. The Hall–Kier alpha value is -2.55. The molecule has 7 nitrogen and oxygen atoms in total. The van der Waals surface area contributed by atoms with Crippen LogP contribution in [0.15, 0.2) is 24.3 Å². The number of anilines is 2. The van der Waals surface area contributed by atoms with Gasteiger partial charge in [-0.25, -0.2) is 8.78 Å². The summed E-state index contributed by atoms with van der Waals surface area (Å²) in [6.07, 6.45) is 4.70. The normalized spacial score (nSPS) is 21.1. The maximum Gasteiger partial charge on any atom is 0.250 e. The second-order valence-corrected chi connectivity index (χ2v) is 8.64. The van der Waals surface area contributed by atoms with Gasteiger partial charge in [0.1, 0.15) is 6.04 Å². The van der Waals surface area contributed by atoms with E-state index in [0.717, 1.165) is 32.2 Å². The number of imide groups is 1. The molecule has 0 radical (unpaired) electrons. The molecule has 0 saturated carbocycles. The summed E-state index contributed by atoms with van der Waals surface area (Å²) in [7, 11) is 0. The molecule has 1 atom stereocenters. The predicted molar refractivity (Wildman–Crippen MR) is 119 cm³/mol. The summed E-state index contributed by atoms with van der Waals surface area (Å²) in [5.74, 6) is -3.16. The summed E-state index contributed by atoms with van der Waals surface area (Å²) in [5, 5.41) is 8.29. The lowest BCUT2D eigenvalue weighted by Gasteiger charge is -2.31. The number of likely N-dealkylation sites (tertiary alicyclic amines) is 1. The highest BCUT2D eigenvalue weighted by atomic mass is 19.3. The summed E-state index contributed by atoms with van der Waals surface area (Å²) in [4.78, 5) is 37.5. The molecule has 3 rings (SSSR count). The van der Waals surface area contributed by atoms with E-state index in [1.807, 2.05) is 6.07 Å². The Bertz CT molecular complexity index is 808. The largest absolute Gasteiger partial charge is 0.374 e. The van der Waals surface area contributed by atoms with Gasteiger partial charge in [0.05, 0.1) is 0 Å². The molecule has 0 spiro atoms. The number of alkyl halides is 2. The second kappa shape index (κ2) is 11.4. The van der Waals surface area contributed by atoms with Gasteiger partial charge in [0.25, 0.3) is 5.92 Å². The Balaban J connectivity index is 1.30. The first-order valence-electron chi connectivity index (χ1n) is 11.4. The van der Waals surface area contributed by atoms with Crippen molar-refractivity contribution in [2.24, 2.45) is 0 Å². The summed E-state index contributed by atoms with van der Waals surface area (Å²) in [6.45, 7) is 1.77. The van der Waals surface area contributed by atoms with Crippen molar-refractivity contribution in [2.75, 3.05) is 30.3 Å². The summed E-state index contributed by atoms with van der Waals surface area (Å²) < 4.78 is 26.3. The average molecular weight is 451 g/mol. The number of unbranched alkanes of at least 4 members (excludes halogenated alkanes) is 3. The number of piperidine rings is 2. The van der Waals surface area contributed by atoms with E-state index in [2.05, 4.69) is 20.9 Å². The molecular weight excluding hydrogens is 418 g/mol. The zero-order chi connectivity index (χ0) is 23.0. The third-order valence-corrected chi connectivity index (χ3v) is 5.94. The lowest BCUT2D eigenvalue weighted by molar-refractivity contribution is -0.133. The number of rotatable bonds is 10. The average Bonchev–Trinajstić information content (AvgIpc) is 2.74. The van der Waals surface area contributed by atoms with Gasteiger partial charge in [-0.3, -0.25) is 19.7 Å². The van der Waals surface area contributed by atoms with Crippen molar-refractivity contribution in [3.8, 4) is 0 Å². The van der Waals surface area contributed by atoms with E-state index < -0.39 is 12.0 Å². The van der Waals surface area contributed by atoms with Gasteiger partial charge in [-0.2, -0.15) is 0 Å². The van der Waals surface area contributed by atoms with E-state index in [9.17, 15) is 23.2 Å². The van der Waals surface area contributed by atoms with Crippen molar-refractivity contribution in [2.45, 2.75) is 69.8 Å². The van der Waals surface area contributed by atoms with Gasteiger partial charge < -0.3 is 15.5 Å². The molecule has 3 amide bonds. The topological polar surface area (TPSA) is 90.5 Å². The molecule has 1 unspecified atom stereocenters. The minimum Gasteiger partial charge on any atom is -0.374 e. The van der Waals surface area contributed by atoms with Gasteiger partial charge in [0.15, 0.2) is 0 Å². The van der Waals surface area contributed by atoms with Crippen LogP contribution in [0.25, 0.3) is 0 Å². The third-order valence-electron chi connectivity index (χ3n) is 5.94. The van der Waals surface area contributed by atoms with Crippen molar-refractivity contribution in [3.05, 3.63) is 24.3 Å². The van der Waals surface area contributed by atoms with Gasteiger partial charge in [-0.05, 0) is 44.0 Å². The van der Waals surface area contributed by atoms with Crippen molar-refractivity contribution >= 4 is 29.1 Å². The van der Waals surface area contributed by atoms with Crippen molar-refractivity contribution in [1.29, 1.82) is 0 Å². The van der Waals surface area contributed by atoms with Crippen LogP contribution in [0.1, 0.15) is 57.8 Å². The van der Waals surface area contributed by atoms with Gasteiger partial charge in [-0.15, -0.1) is 0 Å². The van der Waals surface area contributed by atoms with Crippen LogP contribution >= 0.6 is 0 Å². The molecule has 2 heterocycles. The molecule has 1 aromatic rings. The molecule has 0 aromatic heterocycles. The Kier molecular flexibility index (Phi) is 8.55. The fraction of sp³-hybridized carbons (Fsp3) is 0.609. The number of amides is 3. The molecule has 2 fully saturated rings. The molecule has 0 aliphatic carbocycles. The van der Waals surface area contributed by atoms with Gasteiger partial charge in [-0.1, -0.05) is 18.9 Å². The summed E-state index contributed by atoms with van der Waals surface area (Å²) in [6, 6.07) is 6.68. The Morgan fingerprint density at radius 1 is 1.09 bits per heavy atom. The number of hydrogen-bond acceptors (Lipinski definition) is 5. The first kappa shape index (κ1) is 24.1. The van der Waals surface area contributed by atoms with Crippen LogP contribution in [-0.2, 0) is 14.4 Å². The van der Waals surface area contributed by atoms with E-state index in [-0.39, 0.29) is 30.6 Å². The van der Waals surface area contributed by atoms with Crippen molar-refractivity contribution in [1.82, 2.24) is 10.2 Å². The number of nitrogens with one attached hydrogen (secondary N) is 3. The SMILES string of the molecule is O=C1CCC(Nc2cccc(NC(=O)CCCCCCN3CCC(F)(F)CC3)c2)C(=O)N1. The summed E-state index contributed by atoms with van der Waals surface area (Å²) in [5.41, 5.74) is 1.35. The van der Waals surface area contributed by atoms with Gasteiger partial charge in [0.2, 0.25) is 17.7 Å². The molecule has 176 valence electrons. The quantitative estimate of drug-likeness (QED) is 0.375. The highest BCUT2D eigenvalue weighted by Crippen LogP contribution is 2.27. The lowest BCUT2D eigenvalue weighted by Crippen LogP contribution is -2.47. The molecule has 2 aliphatic heterocycles. The molecule has 3 N–H and O–H groups in total. The van der Waals surface area contributed by atoms with Crippen LogP contribution in [-0.4, -0.2) is 54.2 Å². The standard InChI is InChI=1S/C23H32F2N4O3/c24-23(25)11-14-29(15-12-23)13-4-2-1-3-8-20(30)27-18-7-5-6-17(16-18)26-19-9-10-21(31)28-22(19)32/h5-7,16,19,26H,1-4,8-15H2,(H,27,30)(H,28,31,32). The van der Waals surface area contributed by atoms with E-state index in [4.69, 9.17) is 0 Å². The third kappa shape index (κ3) is 7.85. The van der Waals surface area contributed by atoms with Crippen LogP contribution in [0.3, 0.4) is 0 Å². The minimum absolute atomic E-state index is 0.0442. The number of carbonyl (C=O) groups is 3. The van der Waals surface area contributed by atoms with E-state index >= 15 is 0 Å². The van der Waals surface area contributed by atoms with Crippen molar-refractivity contribution in [3.63, 3.8) is 0 Å². The highest BCUT2D eigenvalue weighted by Gasteiger charge is 2.33. The molecule has 0 bridgehead atoms. The molecule has 9 heteroatoms. The molecule has 32 heavy (non-hydrogen) atoms. The Morgan fingerprint density at radius 2 is 1.81 bits per heavy atom. The fourth-order valence-electron chi connectivity index (χ4n) is 4.02. The van der Waals surface area contributed by atoms with Crippen molar-refractivity contribution < 1.29 is 23.2 Å². The maximum absolute atomic E-state index is 13.2. The smallest absolute Gasteiger partial charge is 0.250 e. The second-order valence-electron chi connectivity index (χ2n) is 8.64. The van der Waals surface area contributed by atoms with Gasteiger partial charge in [0, 0.05) is 50.1 Å².